The van der Waals surface area contributed by atoms with Gasteiger partial charge in [-0.1, -0.05) is 6.92 Å². The number of carbonyl (C=O) groups is 1. The Kier molecular flexibility index (Phi) is 4.06. The van der Waals surface area contributed by atoms with Crippen LogP contribution in [-0.2, 0) is 21.2 Å². The maximum absolute atomic E-state index is 11.9. The minimum atomic E-state index is -3.45. The van der Waals surface area contributed by atoms with Gasteiger partial charge < -0.3 is 5.11 Å². The minimum Gasteiger partial charge on any atom is -0.481 e. The maximum Gasteiger partial charge on any atom is 0.308 e. The van der Waals surface area contributed by atoms with Crippen molar-refractivity contribution in [2.75, 3.05) is 13.6 Å². The summed E-state index contributed by atoms with van der Waals surface area (Å²) in [5.41, 5.74) is 0. The van der Waals surface area contributed by atoms with E-state index in [2.05, 4.69) is 0 Å². The van der Waals surface area contributed by atoms with Crippen LogP contribution in [0.5, 0.6) is 0 Å². The first kappa shape index (κ1) is 13.1. The molecule has 0 fully saturated rings. The van der Waals surface area contributed by atoms with Gasteiger partial charge in [0.15, 0.2) is 0 Å². The zero-order valence-corrected chi connectivity index (χ0v) is 10.6. The van der Waals surface area contributed by atoms with Gasteiger partial charge in [0, 0.05) is 18.5 Å². The van der Waals surface area contributed by atoms with Crippen molar-refractivity contribution < 1.29 is 18.3 Å². The molecule has 0 saturated heterocycles. The summed E-state index contributed by atoms with van der Waals surface area (Å²) in [7, 11) is -1.95. The molecule has 1 rings (SSSR count). The number of rotatable bonds is 5. The van der Waals surface area contributed by atoms with Gasteiger partial charge in [-0.25, -0.2) is 12.7 Å². The summed E-state index contributed by atoms with van der Waals surface area (Å²) in [6.45, 7) is 2.12. The largest absolute Gasteiger partial charge is 0.481 e. The lowest BCUT2D eigenvalue weighted by atomic mass is 10.3. The molecule has 90 valence electrons. The topological polar surface area (TPSA) is 74.7 Å². The lowest BCUT2D eigenvalue weighted by Gasteiger charge is -2.12. The monoisotopic (exact) mass is 263 g/mol. The average Bonchev–Trinajstić information content (AvgIpc) is 2.64. The molecule has 0 bridgehead atoms. The van der Waals surface area contributed by atoms with Crippen LogP contribution in [0.2, 0.25) is 0 Å². The molecule has 0 spiro atoms. The molecule has 0 radical (unpaired) electrons. The van der Waals surface area contributed by atoms with Crippen LogP contribution in [0.25, 0.3) is 0 Å². The molecule has 0 aliphatic rings. The summed E-state index contributed by atoms with van der Waals surface area (Å²) < 4.78 is 25.1. The van der Waals surface area contributed by atoms with Gasteiger partial charge in [0.25, 0.3) is 10.0 Å². The minimum absolute atomic E-state index is 0.143. The lowest BCUT2D eigenvalue weighted by molar-refractivity contribution is -0.136. The van der Waals surface area contributed by atoms with Crippen LogP contribution in [-0.4, -0.2) is 37.4 Å². The predicted molar refractivity (Wildman–Crippen MR) is 61.1 cm³/mol. The average molecular weight is 263 g/mol. The van der Waals surface area contributed by atoms with Crippen molar-refractivity contribution >= 4 is 27.3 Å². The van der Waals surface area contributed by atoms with Gasteiger partial charge in [0.2, 0.25) is 0 Å². The summed E-state index contributed by atoms with van der Waals surface area (Å²) in [6.07, 6.45) is -0.143. The van der Waals surface area contributed by atoms with Gasteiger partial charge in [-0.05, 0) is 12.1 Å². The van der Waals surface area contributed by atoms with E-state index in [0.29, 0.717) is 11.4 Å². The van der Waals surface area contributed by atoms with E-state index < -0.39 is 16.0 Å². The molecule has 0 aliphatic carbocycles. The Balaban J connectivity index is 2.98. The summed E-state index contributed by atoms with van der Waals surface area (Å²) in [4.78, 5) is 11.0. The fourth-order valence-corrected chi connectivity index (χ4v) is 3.80. The molecule has 7 heteroatoms. The molecule has 5 nitrogen and oxygen atoms in total. The van der Waals surface area contributed by atoms with Crippen molar-refractivity contribution in [3.05, 3.63) is 17.0 Å². The first-order chi connectivity index (χ1) is 7.37. The molecule has 1 aromatic rings. The Hall–Kier alpha value is -0.920. The molecule has 1 heterocycles. The highest BCUT2D eigenvalue weighted by Crippen LogP contribution is 2.24. The quantitative estimate of drug-likeness (QED) is 0.860. The second-order valence-corrected chi connectivity index (χ2v) is 6.65. The third kappa shape index (κ3) is 2.81. The first-order valence-electron chi connectivity index (χ1n) is 4.64. The van der Waals surface area contributed by atoms with Crippen molar-refractivity contribution in [3.8, 4) is 0 Å². The Bertz CT molecular complexity index is 477. The van der Waals surface area contributed by atoms with Crippen LogP contribution in [0, 0.1) is 0 Å². The first-order valence-corrected chi connectivity index (χ1v) is 6.90. The van der Waals surface area contributed by atoms with Crippen molar-refractivity contribution in [2.24, 2.45) is 0 Å². The van der Waals surface area contributed by atoms with E-state index in [-0.39, 0.29) is 10.6 Å². The number of nitrogens with zero attached hydrogens (tertiary/aromatic N) is 1. The van der Waals surface area contributed by atoms with E-state index in [0.717, 1.165) is 11.3 Å². The zero-order chi connectivity index (χ0) is 12.3. The summed E-state index contributed by atoms with van der Waals surface area (Å²) in [6, 6.07) is 2.99. The SMILES string of the molecule is CCN(C)S(=O)(=O)c1ccc(CC(=O)O)s1. The highest BCUT2D eigenvalue weighted by atomic mass is 32.2. The van der Waals surface area contributed by atoms with Gasteiger partial charge in [0.1, 0.15) is 4.21 Å². The van der Waals surface area contributed by atoms with Crippen LogP contribution in [0.3, 0.4) is 0 Å². The standard InChI is InChI=1S/C9H13NO4S2/c1-3-10(2)16(13,14)9-5-4-7(15-9)6-8(11)12/h4-5H,3,6H2,1-2H3,(H,11,12). The molecule has 0 amide bonds. The lowest BCUT2D eigenvalue weighted by Crippen LogP contribution is -2.25. The second kappa shape index (κ2) is 4.94. The smallest absolute Gasteiger partial charge is 0.308 e. The van der Waals surface area contributed by atoms with E-state index in [9.17, 15) is 13.2 Å². The van der Waals surface area contributed by atoms with E-state index >= 15 is 0 Å². The van der Waals surface area contributed by atoms with Crippen LogP contribution in [0.15, 0.2) is 16.3 Å². The fraction of sp³-hybridized carbons (Fsp3) is 0.444. The van der Waals surface area contributed by atoms with Crippen LogP contribution < -0.4 is 0 Å². The van der Waals surface area contributed by atoms with E-state index in [1.54, 1.807) is 6.92 Å². The van der Waals surface area contributed by atoms with Crippen LogP contribution >= 0.6 is 11.3 Å². The van der Waals surface area contributed by atoms with Crippen LogP contribution in [0.1, 0.15) is 11.8 Å². The number of aliphatic carboxylic acids is 1. The molecule has 1 aromatic heterocycles. The molecule has 16 heavy (non-hydrogen) atoms. The Morgan fingerprint density at radius 2 is 2.12 bits per heavy atom. The van der Waals surface area contributed by atoms with Gasteiger partial charge in [-0.2, -0.15) is 0 Å². The fourth-order valence-electron chi connectivity index (χ4n) is 1.06. The molecular formula is C9H13NO4S2. The van der Waals surface area contributed by atoms with Crippen molar-refractivity contribution in [3.63, 3.8) is 0 Å². The van der Waals surface area contributed by atoms with Crippen molar-refractivity contribution in [1.29, 1.82) is 0 Å². The third-order valence-corrected chi connectivity index (χ3v) is 5.56. The highest BCUT2D eigenvalue weighted by Gasteiger charge is 2.21. The molecule has 0 aliphatic heterocycles. The summed E-state index contributed by atoms with van der Waals surface area (Å²) in [5, 5.41) is 8.58. The van der Waals surface area contributed by atoms with Gasteiger partial charge >= 0.3 is 5.97 Å². The van der Waals surface area contributed by atoms with E-state index in [1.165, 1.54) is 23.5 Å². The second-order valence-electron chi connectivity index (χ2n) is 3.21. The highest BCUT2D eigenvalue weighted by molar-refractivity contribution is 7.91. The molecule has 0 saturated carbocycles. The number of carboxylic acid groups (broad SMARTS) is 1. The Morgan fingerprint density at radius 1 is 1.50 bits per heavy atom. The summed E-state index contributed by atoms with van der Waals surface area (Å²) in [5.74, 6) is -0.963. The molecule has 0 unspecified atom stereocenters. The number of sulfonamides is 1. The number of hydrogen-bond acceptors (Lipinski definition) is 4. The Labute approximate surface area is 98.4 Å². The maximum atomic E-state index is 11.9. The zero-order valence-electron chi connectivity index (χ0n) is 9.00. The van der Waals surface area contributed by atoms with Crippen molar-refractivity contribution in [1.82, 2.24) is 4.31 Å². The molecular weight excluding hydrogens is 250 g/mol. The third-order valence-electron chi connectivity index (χ3n) is 2.07. The Morgan fingerprint density at radius 3 is 2.62 bits per heavy atom. The molecule has 0 aromatic carbocycles. The number of carboxylic acids is 1. The number of thiophene rings is 1. The van der Waals surface area contributed by atoms with Gasteiger partial charge in [0.05, 0.1) is 6.42 Å². The van der Waals surface area contributed by atoms with E-state index in [1.807, 2.05) is 0 Å². The van der Waals surface area contributed by atoms with Gasteiger partial charge in [-0.15, -0.1) is 11.3 Å². The predicted octanol–water partition coefficient (Wildman–Crippen LogP) is 1.02. The normalized spacial score (nSPS) is 11.9. The van der Waals surface area contributed by atoms with E-state index in [4.69, 9.17) is 5.11 Å². The van der Waals surface area contributed by atoms with Crippen LogP contribution in [0.4, 0.5) is 0 Å². The number of hydrogen-bond donors (Lipinski definition) is 1. The van der Waals surface area contributed by atoms with Crippen molar-refractivity contribution in [2.45, 2.75) is 17.6 Å². The van der Waals surface area contributed by atoms with Gasteiger partial charge in [-0.3, -0.25) is 4.79 Å². The molecule has 0 atom stereocenters. The molecule has 1 N–H and O–H groups in total. The summed E-state index contributed by atoms with van der Waals surface area (Å²) >= 11 is 1.00.